The Morgan fingerprint density at radius 2 is 1.78 bits per heavy atom. The molecule has 0 bridgehead atoms. The van der Waals surface area contributed by atoms with Crippen molar-refractivity contribution in [2.75, 3.05) is 13.2 Å². The Kier molecular flexibility index (Phi) is 5.51. The highest BCUT2D eigenvalue weighted by Crippen LogP contribution is 2.27. The van der Waals surface area contributed by atoms with Crippen molar-refractivity contribution in [3.63, 3.8) is 0 Å². The van der Waals surface area contributed by atoms with Gasteiger partial charge in [-0.25, -0.2) is 0 Å². The van der Waals surface area contributed by atoms with Crippen molar-refractivity contribution in [1.29, 1.82) is 0 Å². The lowest BCUT2D eigenvalue weighted by molar-refractivity contribution is -0.325. The lowest BCUT2D eigenvalue weighted by Crippen LogP contribution is -2.61. The quantitative estimate of drug-likeness (QED) is 0.643. The highest BCUT2D eigenvalue weighted by atomic mass is 16.7. The summed E-state index contributed by atoms with van der Waals surface area (Å²) in [6.07, 6.45) is -4.80. The molecule has 6 heteroatoms. The summed E-state index contributed by atoms with van der Waals surface area (Å²) in [6, 6.07) is 0. The van der Waals surface area contributed by atoms with E-state index in [-0.39, 0.29) is 6.61 Å². The Hall–Kier alpha value is -0.240. The molecule has 1 saturated heterocycles. The van der Waals surface area contributed by atoms with E-state index in [9.17, 15) is 15.3 Å². The summed E-state index contributed by atoms with van der Waals surface area (Å²) in [4.78, 5) is 0. The number of hydrogen-bond donors (Lipinski definition) is 3. The molecule has 0 aromatic carbocycles. The zero-order valence-corrected chi connectivity index (χ0v) is 11.4. The van der Waals surface area contributed by atoms with Gasteiger partial charge in [0.25, 0.3) is 0 Å². The number of rotatable bonds is 4. The first-order valence-electron chi connectivity index (χ1n) is 6.22. The zero-order chi connectivity index (χ0) is 13.9. The van der Waals surface area contributed by atoms with Crippen LogP contribution in [0.4, 0.5) is 0 Å². The van der Waals surface area contributed by atoms with Crippen LogP contribution in [0.1, 0.15) is 27.7 Å². The van der Waals surface area contributed by atoms with E-state index in [1.807, 2.05) is 20.8 Å². The molecule has 0 amide bonds. The molecule has 0 saturated carbocycles. The van der Waals surface area contributed by atoms with Crippen LogP contribution in [0.25, 0.3) is 0 Å². The Morgan fingerprint density at radius 3 is 2.22 bits per heavy atom. The minimum atomic E-state index is -1.21. The topological polar surface area (TPSA) is 88.4 Å². The fourth-order valence-electron chi connectivity index (χ4n) is 1.90. The first-order valence-corrected chi connectivity index (χ1v) is 6.22. The van der Waals surface area contributed by atoms with Crippen LogP contribution >= 0.6 is 0 Å². The molecule has 6 nitrogen and oxygen atoms in total. The van der Waals surface area contributed by atoms with Gasteiger partial charge in [-0.15, -0.1) is 0 Å². The molecule has 1 heterocycles. The molecule has 1 aliphatic rings. The third-order valence-electron chi connectivity index (χ3n) is 2.65. The average Bonchev–Trinajstić information content (AvgIpc) is 2.27. The zero-order valence-electron chi connectivity index (χ0n) is 11.4. The van der Waals surface area contributed by atoms with E-state index in [0.717, 1.165) is 0 Å². The van der Waals surface area contributed by atoms with Gasteiger partial charge in [0.1, 0.15) is 24.4 Å². The Morgan fingerprint density at radius 1 is 1.17 bits per heavy atom. The van der Waals surface area contributed by atoms with E-state index in [0.29, 0.717) is 6.61 Å². The van der Waals surface area contributed by atoms with Gasteiger partial charge in [0.15, 0.2) is 6.29 Å². The van der Waals surface area contributed by atoms with Crippen molar-refractivity contribution in [2.24, 2.45) is 0 Å². The van der Waals surface area contributed by atoms with Crippen LogP contribution in [0.5, 0.6) is 0 Å². The molecule has 0 spiro atoms. The maximum Gasteiger partial charge on any atom is 0.187 e. The second-order valence-corrected chi connectivity index (χ2v) is 5.36. The second-order valence-electron chi connectivity index (χ2n) is 5.36. The van der Waals surface area contributed by atoms with Crippen LogP contribution in [0.15, 0.2) is 0 Å². The monoisotopic (exact) mass is 264 g/mol. The molecule has 0 aliphatic carbocycles. The van der Waals surface area contributed by atoms with Gasteiger partial charge in [-0.05, 0) is 27.7 Å². The number of aliphatic hydroxyl groups excluding tert-OH is 3. The standard InChI is InChI=1S/C12H24O6/c1-5-16-10-7(6-13)17-11(9(15)8(10)14)18-12(2,3)4/h7-11,13-15H,5-6H2,1-4H3. The molecule has 1 aliphatic heterocycles. The van der Waals surface area contributed by atoms with Gasteiger partial charge in [-0.1, -0.05) is 0 Å². The summed E-state index contributed by atoms with van der Waals surface area (Å²) in [5.41, 5.74) is -0.524. The Bertz CT molecular complexity index is 249. The number of hydrogen-bond acceptors (Lipinski definition) is 6. The fraction of sp³-hybridized carbons (Fsp3) is 1.00. The first-order chi connectivity index (χ1) is 8.30. The molecule has 1 fully saturated rings. The van der Waals surface area contributed by atoms with Crippen molar-refractivity contribution < 1.29 is 29.5 Å². The van der Waals surface area contributed by atoms with E-state index in [1.165, 1.54) is 0 Å². The summed E-state index contributed by atoms with van der Waals surface area (Å²) in [7, 11) is 0. The lowest BCUT2D eigenvalue weighted by Gasteiger charge is -2.43. The molecule has 5 unspecified atom stereocenters. The SMILES string of the molecule is CCOC1C(CO)OC(OC(C)(C)C)C(O)C1O. The van der Waals surface area contributed by atoms with E-state index >= 15 is 0 Å². The summed E-state index contributed by atoms with van der Waals surface area (Å²) in [6.45, 7) is 7.27. The van der Waals surface area contributed by atoms with Gasteiger partial charge >= 0.3 is 0 Å². The van der Waals surface area contributed by atoms with Crippen molar-refractivity contribution in [3.8, 4) is 0 Å². The van der Waals surface area contributed by atoms with Gasteiger partial charge in [-0.3, -0.25) is 0 Å². The van der Waals surface area contributed by atoms with Gasteiger partial charge in [0.2, 0.25) is 0 Å². The minimum Gasteiger partial charge on any atom is -0.394 e. The van der Waals surface area contributed by atoms with Crippen LogP contribution in [0.2, 0.25) is 0 Å². The van der Waals surface area contributed by atoms with Gasteiger partial charge < -0.3 is 29.5 Å². The summed E-state index contributed by atoms with van der Waals surface area (Å²) < 4.78 is 16.3. The van der Waals surface area contributed by atoms with Crippen molar-refractivity contribution in [3.05, 3.63) is 0 Å². The lowest BCUT2D eigenvalue weighted by atomic mass is 9.98. The minimum absolute atomic E-state index is 0.307. The molecule has 5 atom stereocenters. The van der Waals surface area contributed by atoms with Crippen LogP contribution in [0, 0.1) is 0 Å². The maximum atomic E-state index is 9.99. The average molecular weight is 264 g/mol. The molecule has 0 radical (unpaired) electrons. The van der Waals surface area contributed by atoms with Crippen LogP contribution in [0.3, 0.4) is 0 Å². The second kappa shape index (κ2) is 6.27. The molecule has 0 aromatic rings. The smallest absolute Gasteiger partial charge is 0.187 e. The third-order valence-corrected chi connectivity index (χ3v) is 2.65. The molecule has 3 N–H and O–H groups in total. The highest BCUT2D eigenvalue weighted by Gasteiger charge is 2.46. The molecular weight excluding hydrogens is 240 g/mol. The number of ether oxygens (including phenoxy) is 3. The molecule has 18 heavy (non-hydrogen) atoms. The Balaban J connectivity index is 2.76. The fourth-order valence-corrected chi connectivity index (χ4v) is 1.90. The molecule has 0 aromatic heterocycles. The normalized spacial score (nSPS) is 37.8. The largest absolute Gasteiger partial charge is 0.394 e. The summed E-state index contributed by atoms with van der Waals surface area (Å²) in [5, 5.41) is 29.2. The Labute approximate surface area is 107 Å². The van der Waals surface area contributed by atoms with Crippen LogP contribution in [-0.2, 0) is 14.2 Å². The van der Waals surface area contributed by atoms with E-state index in [2.05, 4.69) is 0 Å². The van der Waals surface area contributed by atoms with Gasteiger partial charge in [0.05, 0.1) is 12.2 Å². The predicted octanol–water partition coefficient (Wildman–Crippen LogP) is -0.354. The molecule has 108 valence electrons. The molecular formula is C12H24O6. The van der Waals surface area contributed by atoms with Crippen LogP contribution < -0.4 is 0 Å². The summed E-state index contributed by atoms with van der Waals surface area (Å²) in [5.74, 6) is 0. The summed E-state index contributed by atoms with van der Waals surface area (Å²) >= 11 is 0. The van der Waals surface area contributed by atoms with Crippen molar-refractivity contribution in [2.45, 2.75) is 64.0 Å². The van der Waals surface area contributed by atoms with E-state index in [4.69, 9.17) is 14.2 Å². The van der Waals surface area contributed by atoms with Gasteiger partial charge in [-0.2, -0.15) is 0 Å². The first kappa shape index (κ1) is 15.8. The predicted molar refractivity (Wildman–Crippen MR) is 64.0 cm³/mol. The third kappa shape index (κ3) is 3.88. The van der Waals surface area contributed by atoms with Crippen molar-refractivity contribution >= 4 is 0 Å². The maximum absolute atomic E-state index is 9.99. The van der Waals surface area contributed by atoms with Crippen LogP contribution in [-0.4, -0.2) is 64.8 Å². The van der Waals surface area contributed by atoms with Crippen molar-refractivity contribution in [1.82, 2.24) is 0 Å². The molecule has 1 rings (SSSR count). The van der Waals surface area contributed by atoms with E-state index < -0.39 is 36.3 Å². The van der Waals surface area contributed by atoms with E-state index in [1.54, 1.807) is 6.92 Å². The number of aliphatic hydroxyl groups is 3. The van der Waals surface area contributed by atoms with Gasteiger partial charge in [0, 0.05) is 6.61 Å². The highest BCUT2D eigenvalue weighted by molar-refractivity contribution is 4.90.